The SMILES string of the molecule is COc1cc(C(=O)N2CCN(C3COC3)CC2)ccc1SC. The lowest BCUT2D eigenvalue weighted by Gasteiger charge is -2.42. The summed E-state index contributed by atoms with van der Waals surface area (Å²) >= 11 is 1.62. The van der Waals surface area contributed by atoms with Crippen LogP contribution in [0.25, 0.3) is 0 Å². The molecule has 0 N–H and O–H groups in total. The molecule has 1 aromatic carbocycles. The molecule has 2 aliphatic heterocycles. The van der Waals surface area contributed by atoms with Crippen molar-refractivity contribution in [1.29, 1.82) is 0 Å². The maximum Gasteiger partial charge on any atom is 0.254 e. The number of hydrogen-bond acceptors (Lipinski definition) is 5. The van der Waals surface area contributed by atoms with E-state index in [9.17, 15) is 4.79 Å². The average Bonchev–Trinajstić information content (AvgIpc) is 2.52. The van der Waals surface area contributed by atoms with Crippen LogP contribution in [0, 0.1) is 0 Å². The van der Waals surface area contributed by atoms with E-state index in [4.69, 9.17) is 9.47 Å². The van der Waals surface area contributed by atoms with E-state index in [-0.39, 0.29) is 5.91 Å². The highest BCUT2D eigenvalue weighted by molar-refractivity contribution is 7.98. The second-order valence-corrected chi connectivity index (χ2v) is 6.44. The van der Waals surface area contributed by atoms with Crippen LogP contribution in [0.1, 0.15) is 10.4 Å². The Bertz CT molecular complexity index is 540. The minimum Gasteiger partial charge on any atom is -0.496 e. The fourth-order valence-electron chi connectivity index (χ4n) is 2.88. The van der Waals surface area contributed by atoms with Crippen LogP contribution in [0.4, 0.5) is 0 Å². The molecule has 1 amide bonds. The number of benzene rings is 1. The number of rotatable bonds is 4. The maximum atomic E-state index is 12.6. The van der Waals surface area contributed by atoms with Crippen molar-refractivity contribution < 1.29 is 14.3 Å². The van der Waals surface area contributed by atoms with Crippen molar-refractivity contribution in [3.63, 3.8) is 0 Å². The molecule has 6 heteroatoms. The van der Waals surface area contributed by atoms with Crippen molar-refractivity contribution >= 4 is 17.7 Å². The average molecular weight is 322 g/mol. The van der Waals surface area contributed by atoms with E-state index in [1.165, 1.54) is 0 Å². The lowest BCUT2D eigenvalue weighted by atomic mass is 10.1. The van der Waals surface area contributed by atoms with Crippen LogP contribution in [0.3, 0.4) is 0 Å². The number of thioether (sulfide) groups is 1. The summed E-state index contributed by atoms with van der Waals surface area (Å²) in [5.41, 5.74) is 0.704. The largest absolute Gasteiger partial charge is 0.496 e. The molecule has 0 saturated carbocycles. The number of methoxy groups -OCH3 is 1. The van der Waals surface area contributed by atoms with Crippen LogP contribution in [-0.2, 0) is 4.74 Å². The Morgan fingerprint density at radius 1 is 1.27 bits per heavy atom. The molecule has 22 heavy (non-hydrogen) atoms. The molecule has 2 fully saturated rings. The summed E-state index contributed by atoms with van der Waals surface area (Å²) in [5, 5.41) is 0. The Hall–Kier alpha value is -1.24. The normalized spacial score (nSPS) is 19.8. The minimum absolute atomic E-state index is 0.0930. The number of hydrogen-bond donors (Lipinski definition) is 0. The topological polar surface area (TPSA) is 42.0 Å². The molecule has 0 unspecified atom stereocenters. The van der Waals surface area contributed by atoms with Gasteiger partial charge in [0.15, 0.2) is 0 Å². The van der Waals surface area contributed by atoms with Crippen molar-refractivity contribution in [2.45, 2.75) is 10.9 Å². The summed E-state index contributed by atoms with van der Waals surface area (Å²) in [6.45, 7) is 5.09. The highest BCUT2D eigenvalue weighted by Crippen LogP contribution is 2.29. The van der Waals surface area contributed by atoms with Gasteiger partial charge in [0.25, 0.3) is 5.91 Å². The van der Waals surface area contributed by atoms with Gasteiger partial charge in [-0.2, -0.15) is 0 Å². The molecule has 1 aromatic rings. The van der Waals surface area contributed by atoms with E-state index < -0.39 is 0 Å². The van der Waals surface area contributed by atoms with Gasteiger partial charge in [-0.15, -0.1) is 11.8 Å². The van der Waals surface area contributed by atoms with E-state index in [1.807, 2.05) is 29.4 Å². The van der Waals surface area contributed by atoms with Gasteiger partial charge in [-0.3, -0.25) is 9.69 Å². The molecule has 0 aliphatic carbocycles. The van der Waals surface area contributed by atoms with Gasteiger partial charge in [-0.25, -0.2) is 0 Å². The maximum absolute atomic E-state index is 12.6. The molecular weight excluding hydrogens is 300 g/mol. The number of amides is 1. The Morgan fingerprint density at radius 2 is 2.00 bits per heavy atom. The Labute approximate surface area is 135 Å². The highest BCUT2D eigenvalue weighted by atomic mass is 32.2. The number of ether oxygens (including phenoxy) is 2. The van der Waals surface area contributed by atoms with E-state index >= 15 is 0 Å². The fraction of sp³-hybridized carbons (Fsp3) is 0.562. The first kappa shape index (κ1) is 15.6. The molecule has 2 aliphatic rings. The molecule has 2 saturated heterocycles. The molecule has 120 valence electrons. The van der Waals surface area contributed by atoms with Gasteiger partial charge in [0.2, 0.25) is 0 Å². The van der Waals surface area contributed by atoms with Crippen LogP contribution in [-0.4, -0.2) is 74.5 Å². The second-order valence-electron chi connectivity index (χ2n) is 5.59. The first-order valence-electron chi connectivity index (χ1n) is 7.56. The zero-order valence-electron chi connectivity index (χ0n) is 13.1. The van der Waals surface area contributed by atoms with E-state index in [2.05, 4.69) is 4.90 Å². The van der Waals surface area contributed by atoms with Crippen LogP contribution >= 0.6 is 11.8 Å². The van der Waals surface area contributed by atoms with Crippen LogP contribution in [0.15, 0.2) is 23.1 Å². The minimum atomic E-state index is 0.0930. The van der Waals surface area contributed by atoms with Gasteiger partial charge in [0, 0.05) is 36.6 Å². The monoisotopic (exact) mass is 322 g/mol. The second kappa shape index (κ2) is 6.89. The molecule has 0 bridgehead atoms. The predicted molar refractivity (Wildman–Crippen MR) is 86.9 cm³/mol. The summed E-state index contributed by atoms with van der Waals surface area (Å²) in [5.74, 6) is 0.860. The molecule has 0 spiro atoms. The molecular formula is C16H22N2O3S. The van der Waals surface area contributed by atoms with Crippen LogP contribution < -0.4 is 4.74 Å². The number of carbonyl (C=O) groups excluding carboxylic acids is 1. The van der Waals surface area contributed by atoms with Gasteiger partial charge in [-0.05, 0) is 24.5 Å². The van der Waals surface area contributed by atoms with Crippen molar-refractivity contribution in [2.24, 2.45) is 0 Å². The summed E-state index contributed by atoms with van der Waals surface area (Å²) in [7, 11) is 1.64. The molecule has 0 radical (unpaired) electrons. The zero-order chi connectivity index (χ0) is 15.5. The lowest BCUT2D eigenvalue weighted by Crippen LogP contribution is -2.57. The Balaban J connectivity index is 1.64. The van der Waals surface area contributed by atoms with Crippen LogP contribution in [0.2, 0.25) is 0 Å². The van der Waals surface area contributed by atoms with Gasteiger partial charge in [0.05, 0.1) is 26.4 Å². The molecule has 3 rings (SSSR count). The van der Waals surface area contributed by atoms with Crippen molar-refractivity contribution in [3.8, 4) is 5.75 Å². The summed E-state index contributed by atoms with van der Waals surface area (Å²) in [6, 6.07) is 6.25. The standard InChI is InChI=1S/C16H22N2O3S/c1-20-14-9-12(3-4-15(14)22-2)16(19)18-7-5-17(6-8-18)13-10-21-11-13/h3-4,9,13H,5-8,10-11H2,1-2H3. The van der Waals surface area contributed by atoms with Gasteiger partial charge >= 0.3 is 0 Å². The van der Waals surface area contributed by atoms with Gasteiger partial charge in [0.1, 0.15) is 5.75 Å². The molecule has 0 aromatic heterocycles. The predicted octanol–water partition coefficient (Wildman–Crippen LogP) is 1.57. The summed E-state index contributed by atoms with van der Waals surface area (Å²) < 4.78 is 10.6. The number of nitrogens with zero attached hydrogens (tertiary/aromatic N) is 2. The van der Waals surface area contributed by atoms with Crippen molar-refractivity contribution in [3.05, 3.63) is 23.8 Å². The Morgan fingerprint density at radius 3 is 2.55 bits per heavy atom. The van der Waals surface area contributed by atoms with Crippen molar-refractivity contribution in [2.75, 3.05) is 52.8 Å². The summed E-state index contributed by atoms with van der Waals surface area (Å²) in [4.78, 5) is 18.1. The first-order valence-corrected chi connectivity index (χ1v) is 8.78. The Kier molecular flexibility index (Phi) is 4.90. The first-order chi connectivity index (χ1) is 10.7. The van der Waals surface area contributed by atoms with Gasteiger partial charge < -0.3 is 14.4 Å². The fourth-order valence-corrected chi connectivity index (χ4v) is 3.42. The molecule has 2 heterocycles. The third-order valence-corrected chi connectivity index (χ3v) is 5.15. The molecule has 5 nitrogen and oxygen atoms in total. The summed E-state index contributed by atoms with van der Waals surface area (Å²) in [6.07, 6.45) is 2.00. The number of piperazine rings is 1. The smallest absolute Gasteiger partial charge is 0.254 e. The highest BCUT2D eigenvalue weighted by Gasteiger charge is 2.30. The number of carbonyl (C=O) groups is 1. The van der Waals surface area contributed by atoms with E-state index in [1.54, 1.807) is 18.9 Å². The third-order valence-electron chi connectivity index (χ3n) is 4.37. The van der Waals surface area contributed by atoms with Crippen molar-refractivity contribution in [1.82, 2.24) is 9.80 Å². The van der Waals surface area contributed by atoms with Gasteiger partial charge in [-0.1, -0.05) is 0 Å². The third kappa shape index (κ3) is 3.09. The van der Waals surface area contributed by atoms with E-state index in [0.29, 0.717) is 11.6 Å². The van der Waals surface area contributed by atoms with E-state index in [0.717, 1.165) is 50.0 Å². The molecule has 0 atom stereocenters. The zero-order valence-corrected chi connectivity index (χ0v) is 13.9. The lowest BCUT2D eigenvalue weighted by molar-refractivity contribution is -0.0746. The quantitative estimate of drug-likeness (QED) is 0.787. The van der Waals surface area contributed by atoms with Crippen LogP contribution in [0.5, 0.6) is 5.75 Å².